The van der Waals surface area contributed by atoms with Crippen molar-refractivity contribution in [2.24, 2.45) is 0 Å². The molecule has 10 aromatic carbocycles. The van der Waals surface area contributed by atoms with Gasteiger partial charge in [0.2, 0.25) is 0 Å². The summed E-state index contributed by atoms with van der Waals surface area (Å²) in [5.74, 6) is 0. The van der Waals surface area contributed by atoms with Crippen LogP contribution in [0.25, 0.3) is 87.6 Å². The van der Waals surface area contributed by atoms with Gasteiger partial charge in [-0.05, 0) is 103 Å². The van der Waals surface area contributed by atoms with Crippen LogP contribution in [0, 0.1) is 0 Å². The molecule has 262 valence electrons. The molecule has 0 atom stereocenters. The van der Waals surface area contributed by atoms with Gasteiger partial charge in [0.25, 0.3) is 0 Å². The third-order valence-corrected chi connectivity index (χ3v) is 11.2. The predicted octanol–water partition coefficient (Wildman–Crippen LogP) is 15.5. The fraction of sp³-hybridized carbons (Fsp3) is 0. The zero-order chi connectivity index (χ0) is 37.0. The molecule has 0 fully saturated rings. The smallest absolute Gasteiger partial charge is 0.143 e. The van der Waals surface area contributed by atoms with Crippen molar-refractivity contribution in [3.8, 4) is 33.4 Å². The van der Waals surface area contributed by atoms with Crippen molar-refractivity contribution in [1.29, 1.82) is 0 Å². The number of hydrogen-bond acceptors (Lipinski definition) is 2. The van der Waals surface area contributed by atoms with Crippen LogP contribution in [0.15, 0.2) is 217 Å². The summed E-state index contributed by atoms with van der Waals surface area (Å²) in [5, 5.41) is 9.47. The van der Waals surface area contributed by atoms with Gasteiger partial charge in [-0.2, -0.15) is 0 Å². The first-order valence-corrected chi connectivity index (χ1v) is 19.2. The van der Waals surface area contributed by atoms with E-state index < -0.39 is 0 Å². The van der Waals surface area contributed by atoms with Crippen LogP contribution >= 0.6 is 0 Å². The summed E-state index contributed by atoms with van der Waals surface area (Å²) in [7, 11) is 0. The summed E-state index contributed by atoms with van der Waals surface area (Å²) in [6, 6.07) is 76.6. The molecule has 0 amide bonds. The molecule has 0 unspecified atom stereocenters. The number of benzene rings is 10. The van der Waals surface area contributed by atoms with Gasteiger partial charge < -0.3 is 9.32 Å². The third kappa shape index (κ3) is 5.34. The van der Waals surface area contributed by atoms with Gasteiger partial charge >= 0.3 is 0 Å². The average Bonchev–Trinajstić information content (AvgIpc) is 3.66. The van der Waals surface area contributed by atoms with E-state index in [2.05, 4.69) is 217 Å². The number of hydrogen-bond donors (Lipinski definition) is 0. The van der Waals surface area contributed by atoms with E-state index in [4.69, 9.17) is 4.42 Å². The van der Waals surface area contributed by atoms with Gasteiger partial charge in [0.15, 0.2) is 0 Å². The Kier molecular flexibility index (Phi) is 7.53. The van der Waals surface area contributed by atoms with E-state index in [0.717, 1.165) is 61.1 Å². The second-order valence-corrected chi connectivity index (χ2v) is 14.5. The number of anilines is 3. The molecule has 0 aliphatic heterocycles. The molecule has 0 N–H and O–H groups in total. The topological polar surface area (TPSA) is 16.4 Å². The summed E-state index contributed by atoms with van der Waals surface area (Å²) in [5.41, 5.74) is 12.0. The molecular formula is C54H35NO. The van der Waals surface area contributed by atoms with Gasteiger partial charge in [-0.1, -0.05) is 164 Å². The van der Waals surface area contributed by atoms with Crippen LogP contribution in [-0.2, 0) is 0 Å². The van der Waals surface area contributed by atoms with Gasteiger partial charge in [-0.3, -0.25) is 0 Å². The Balaban J connectivity index is 1.14. The molecule has 11 rings (SSSR count). The van der Waals surface area contributed by atoms with Gasteiger partial charge in [-0.25, -0.2) is 0 Å². The minimum Gasteiger partial charge on any atom is -0.455 e. The quantitative estimate of drug-likeness (QED) is 0.171. The number of nitrogens with zero attached hydrogens (tertiary/aromatic N) is 1. The van der Waals surface area contributed by atoms with Crippen LogP contribution in [0.4, 0.5) is 17.1 Å². The second-order valence-electron chi connectivity index (χ2n) is 14.5. The highest BCUT2D eigenvalue weighted by atomic mass is 16.3. The number of rotatable bonds is 6. The lowest BCUT2D eigenvalue weighted by Gasteiger charge is -2.29. The van der Waals surface area contributed by atoms with E-state index in [-0.39, 0.29) is 0 Å². The molecule has 0 radical (unpaired) electrons. The van der Waals surface area contributed by atoms with Crippen molar-refractivity contribution in [1.82, 2.24) is 0 Å². The van der Waals surface area contributed by atoms with E-state index >= 15 is 0 Å². The Morgan fingerprint density at radius 1 is 0.321 bits per heavy atom. The third-order valence-electron chi connectivity index (χ3n) is 11.2. The summed E-state index contributed by atoms with van der Waals surface area (Å²) in [6.07, 6.45) is 0. The maximum atomic E-state index is 6.68. The molecular weight excluding hydrogens is 679 g/mol. The van der Waals surface area contributed by atoms with Crippen LogP contribution < -0.4 is 4.90 Å². The molecule has 11 aromatic rings. The summed E-state index contributed by atoms with van der Waals surface area (Å²) >= 11 is 0. The Hall–Kier alpha value is -7.42. The highest BCUT2D eigenvalue weighted by Crippen LogP contribution is 2.46. The molecule has 1 aromatic heterocycles. The van der Waals surface area contributed by atoms with Crippen molar-refractivity contribution in [3.05, 3.63) is 212 Å². The zero-order valence-electron chi connectivity index (χ0n) is 30.6. The van der Waals surface area contributed by atoms with Gasteiger partial charge in [0, 0.05) is 33.1 Å². The first-order valence-electron chi connectivity index (χ1n) is 19.2. The predicted molar refractivity (Wildman–Crippen MR) is 237 cm³/mol. The van der Waals surface area contributed by atoms with Crippen molar-refractivity contribution in [2.75, 3.05) is 4.90 Å². The Morgan fingerprint density at radius 2 is 0.893 bits per heavy atom. The molecule has 2 nitrogen and oxygen atoms in total. The lowest BCUT2D eigenvalue weighted by molar-refractivity contribution is 0.673. The molecule has 0 saturated carbocycles. The van der Waals surface area contributed by atoms with Crippen molar-refractivity contribution < 1.29 is 4.42 Å². The molecule has 0 aliphatic carbocycles. The van der Waals surface area contributed by atoms with E-state index in [0.29, 0.717) is 0 Å². The van der Waals surface area contributed by atoms with E-state index in [9.17, 15) is 0 Å². The molecule has 1 heterocycles. The van der Waals surface area contributed by atoms with Crippen molar-refractivity contribution in [3.63, 3.8) is 0 Å². The summed E-state index contributed by atoms with van der Waals surface area (Å²) in [4.78, 5) is 2.42. The van der Waals surface area contributed by atoms with E-state index in [1.165, 1.54) is 43.6 Å². The molecule has 0 spiro atoms. The second kappa shape index (κ2) is 13.2. The molecule has 0 aliphatic rings. The normalized spacial score (nSPS) is 11.6. The van der Waals surface area contributed by atoms with Gasteiger partial charge in [0.05, 0.1) is 5.69 Å². The van der Waals surface area contributed by atoms with Gasteiger partial charge in [0.1, 0.15) is 11.2 Å². The largest absolute Gasteiger partial charge is 0.455 e. The monoisotopic (exact) mass is 713 g/mol. The van der Waals surface area contributed by atoms with E-state index in [1.807, 2.05) is 0 Å². The molecule has 56 heavy (non-hydrogen) atoms. The Morgan fingerprint density at radius 3 is 1.75 bits per heavy atom. The highest BCUT2D eigenvalue weighted by Gasteiger charge is 2.22. The maximum Gasteiger partial charge on any atom is 0.143 e. The first-order chi connectivity index (χ1) is 27.8. The lowest BCUT2D eigenvalue weighted by Crippen LogP contribution is -2.11. The Bertz CT molecular complexity index is 3270. The van der Waals surface area contributed by atoms with Crippen LogP contribution in [0.2, 0.25) is 0 Å². The van der Waals surface area contributed by atoms with Crippen molar-refractivity contribution in [2.45, 2.75) is 0 Å². The van der Waals surface area contributed by atoms with Crippen LogP contribution in [0.5, 0.6) is 0 Å². The molecule has 0 bridgehead atoms. The van der Waals surface area contributed by atoms with Crippen LogP contribution in [-0.4, -0.2) is 0 Å². The summed E-state index contributed by atoms with van der Waals surface area (Å²) < 4.78 is 6.68. The molecule has 0 saturated heterocycles. The average molecular weight is 714 g/mol. The van der Waals surface area contributed by atoms with Gasteiger partial charge in [-0.15, -0.1) is 0 Å². The van der Waals surface area contributed by atoms with Crippen molar-refractivity contribution >= 4 is 71.3 Å². The summed E-state index contributed by atoms with van der Waals surface area (Å²) in [6.45, 7) is 0. The standard InChI is InChI=1S/C54H35NO/c1-2-16-39-33-41(30-29-36(39)13-1)40-18-9-20-43(34-40)55(44-21-10-19-42(35-44)46-25-11-17-37-14-3-5-22-45(37)46)51-27-8-7-24-48(51)49-26-12-28-52-53(49)50-32-31-38-15-4-6-23-47(38)54(50)56-52/h1-35H. The molecule has 2 heteroatoms. The zero-order valence-corrected chi connectivity index (χ0v) is 30.6. The van der Waals surface area contributed by atoms with Crippen LogP contribution in [0.3, 0.4) is 0 Å². The fourth-order valence-corrected chi connectivity index (χ4v) is 8.58. The lowest BCUT2D eigenvalue weighted by atomic mass is 9.95. The number of fused-ring (bicyclic) bond motifs is 7. The minimum absolute atomic E-state index is 0.881. The number of furan rings is 1. The minimum atomic E-state index is 0.881. The van der Waals surface area contributed by atoms with E-state index in [1.54, 1.807) is 0 Å². The first kappa shape index (κ1) is 32.0. The number of para-hydroxylation sites is 1. The maximum absolute atomic E-state index is 6.68. The SMILES string of the molecule is c1cc(-c2ccc3ccccc3c2)cc(N(c2cccc(-c3cccc4ccccc34)c2)c2ccccc2-c2cccc3oc4c5ccccc5ccc4c23)c1. The van der Waals surface area contributed by atoms with Crippen LogP contribution in [0.1, 0.15) is 0 Å². The fourth-order valence-electron chi connectivity index (χ4n) is 8.58. The Labute approximate surface area is 325 Å². The highest BCUT2D eigenvalue weighted by molar-refractivity contribution is 6.19.